The molecule has 0 unspecified atom stereocenters. The van der Waals surface area contributed by atoms with Crippen LogP contribution in [0.5, 0.6) is 11.5 Å². The second-order valence-corrected chi connectivity index (χ2v) is 5.64. The first-order chi connectivity index (χ1) is 11.6. The van der Waals surface area contributed by atoms with Gasteiger partial charge >= 0.3 is 0 Å². The largest absolute Gasteiger partial charge is 0.504 e. The van der Waals surface area contributed by atoms with Gasteiger partial charge in [0.15, 0.2) is 17.3 Å². The summed E-state index contributed by atoms with van der Waals surface area (Å²) in [5.74, 6) is 0.912. The van der Waals surface area contributed by atoms with Crippen molar-refractivity contribution in [1.82, 2.24) is 14.9 Å². The summed E-state index contributed by atoms with van der Waals surface area (Å²) in [6.07, 6.45) is 1.49. The summed E-state index contributed by atoms with van der Waals surface area (Å²) < 4.78 is 6.88. The van der Waals surface area contributed by atoms with E-state index in [-0.39, 0.29) is 5.75 Å². The van der Waals surface area contributed by atoms with Crippen LogP contribution in [0.1, 0.15) is 5.56 Å². The van der Waals surface area contributed by atoms with Crippen molar-refractivity contribution in [1.29, 1.82) is 0 Å². The summed E-state index contributed by atoms with van der Waals surface area (Å²) in [4.78, 5) is 0. The zero-order valence-corrected chi connectivity index (χ0v) is 14.2. The van der Waals surface area contributed by atoms with E-state index in [0.29, 0.717) is 26.9 Å². The molecule has 1 heterocycles. The Kier molecular flexibility index (Phi) is 4.64. The summed E-state index contributed by atoms with van der Waals surface area (Å²) in [6, 6.07) is 12.3. The van der Waals surface area contributed by atoms with Crippen molar-refractivity contribution in [2.24, 2.45) is 5.10 Å². The van der Waals surface area contributed by atoms with E-state index >= 15 is 0 Å². The average Bonchev–Trinajstić information content (AvgIpc) is 2.95. The summed E-state index contributed by atoms with van der Waals surface area (Å²) in [5.41, 5.74) is 1.30. The first kappa shape index (κ1) is 16.2. The van der Waals surface area contributed by atoms with Crippen LogP contribution >= 0.6 is 23.8 Å². The first-order valence-corrected chi connectivity index (χ1v) is 7.72. The van der Waals surface area contributed by atoms with Gasteiger partial charge in [-0.3, -0.25) is 0 Å². The van der Waals surface area contributed by atoms with E-state index in [1.807, 2.05) is 12.1 Å². The van der Waals surface area contributed by atoms with Gasteiger partial charge in [-0.2, -0.15) is 14.9 Å². The van der Waals surface area contributed by atoms with Crippen molar-refractivity contribution in [2.75, 3.05) is 7.11 Å². The molecule has 3 aromatic rings. The van der Waals surface area contributed by atoms with Crippen LogP contribution < -0.4 is 4.74 Å². The topological polar surface area (TPSA) is 75.4 Å². The Balaban J connectivity index is 2.01. The van der Waals surface area contributed by atoms with Gasteiger partial charge in [-0.25, -0.2) is 5.10 Å². The van der Waals surface area contributed by atoms with Gasteiger partial charge in [0.25, 0.3) is 0 Å². The Hall–Kier alpha value is -2.64. The van der Waals surface area contributed by atoms with Crippen molar-refractivity contribution in [3.05, 3.63) is 57.8 Å². The second-order valence-electron chi connectivity index (χ2n) is 4.81. The molecule has 0 saturated carbocycles. The lowest BCUT2D eigenvalue weighted by atomic mass is 10.2. The third-order valence-corrected chi connectivity index (χ3v) is 3.83. The highest BCUT2D eigenvalue weighted by Crippen LogP contribution is 2.28. The van der Waals surface area contributed by atoms with E-state index in [1.165, 1.54) is 18.0 Å². The Morgan fingerprint density at radius 3 is 2.75 bits per heavy atom. The van der Waals surface area contributed by atoms with E-state index in [4.69, 9.17) is 28.6 Å². The Morgan fingerprint density at radius 2 is 2.04 bits per heavy atom. The van der Waals surface area contributed by atoms with Crippen molar-refractivity contribution in [2.45, 2.75) is 0 Å². The minimum atomic E-state index is 0.00630. The lowest BCUT2D eigenvalue weighted by Crippen LogP contribution is -1.95. The molecule has 0 aliphatic heterocycles. The van der Waals surface area contributed by atoms with Gasteiger partial charge < -0.3 is 9.84 Å². The number of phenols is 1. The maximum absolute atomic E-state index is 10.1. The van der Waals surface area contributed by atoms with Crippen LogP contribution in [0.2, 0.25) is 5.02 Å². The van der Waals surface area contributed by atoms with Crippen LogP contribution in [0.4, 0.5) is 0 Å². The number of phenolic OH excluding ortho intramolecular Hbond substituents is 1. The summed E-state index contributed by atoms with van der Waals surface area (Å²) in [6.45, 7) is 0. The highest BCUT2D eigenvalue weighted by Gasteiger charge is 2.09. The molecule has 2 N–H and O–H groups in total. The molecule has 0 amide bonds. The molecule has 2 aromatic carbocycles. The van der Waals surface area contributed by atoms with Crippen LogP contribution in [0.25, 0.3) is 11.4 Å². The first-order valence-electron chi connectivity index (χ1n) is 6.94. The van der Waals surface area contributed by atoms with Crippen LogP contribution in [0, 0.1) is 4.77 Å². The third-order valence-electron chi connectivity index (χ3n) is 3.32. The lowest BCUT2D eigenvalue weighted by molar-refractivity contribution is 0.373. The summed E-state index contributed by atoms with van der Waals surface area (Å²) in [7, 11) is 1.49. The maximum atomic E-state index is 10.1. The fourth-order valence-electron chi connectivity index (χ4n) is 2.11. The number of aromatic nitrogens is 3. The number of para-hydroxylation sites is 1. The number of rotatable bonds is 4. The van der Waals surface area contributed by atoms with Gasteiger partial charge in [0, 0.05) is 16.1 Å². The van der Waals surface area contributed by atoms with Crippen molar-refractivity contribution < 1.29 is 9.84 Å². The smallest absolute Gasteiger partial charge is 0.216 e. The molecular weight excluding hydrogens is 348 g/mol. The number of aromatic amines is 1. The highest BCUT2D eigenvalue weighted by molar-refractivity contribution is 7.71. The minimum Gasteiger partial charge on any atom is -0.504 e. The van der Waals surface area contributed by atoms with Gasteiger partial charge in [0.2, 0.25) is 4.77 Å². The molecule has 0 atom stereocenters. The second kappa shape index (κ2) is 6.86. The fraction of sp³-hybridized carbons (Fsp3) is 0.0625. The molecule has 0 spiro atoms. The number of benzene rings is 2. The third kappa shape index (κ3) is 3.17. The summed E-state index contributed by atoms with van der Waals surface area (Å²) >= 11 is 11.1. The van der Waals surface area contributed by atoms with E-state index in [2.05, 4.69) is 15.3 Å². The normalized spacial score (nSPS) is 11.1. The maximum Gasteiger partial charge on any atom is 0.216 e. The fourth-order valence-corrected chi connectivity index (χ4v) is 2.42. The number of hydrogen-bond acceptors (Lipinski definition) is 5. The Morgan fingerprint density at radius 1 is 1.29 bits per heavy atom. The number of nitrogens with zero attached hydrogens (tertiary/aromatic N) is 3. The molecule has 0 aliphatic carbocycles. The predicted octanol–water partition coefficient (Wildman–Crippen LogP) is 3.86. The molecule has 122 valence electrons. The van der Waals surface area contributed by atoms with E-state index in [1.54, 1.807) is 30.3 Å². The van der Waals surface area contributed by atoms with E-state index in [0.717, 1.165) is 5.56 Å². The number of methoxy groups -OCH3 is 1. The molecule has 1 aromatic heterocycles. The molecule has 0 fully saturated rings. The number of hydrogen-bond donors (Lipinski definition) is 2. The van der Waals surface area contributed by atoms with Gasteiger partial charge in [-0.1, -0.05) is 17.7 Å². The molecule has 0 radical (unpaired) electrons. The van der Waals surface area contributed by atoms with Crippen LogP contribution in [-0.4, -0.2) is 33.3 Å². The van der Waals surface area contributed by atoms with Crippen LogP contribution in [-0.2, 0) is 0 Å². The quantitative estimate of drug-likeness (QED) is 0.547. The SMILES string of the molecule is COc1cccc(/C=N/n2c(-c3ccc(Cl)cc3)n[nH]c2=S)c1O. The highest BCUT2D eigenvalue weighted by atomic mass is 35.5. The van der Waals surface area contributed by atoms with Gasteiger partial charge in [-0.15, -0.1) is 0 Å². The predicted molar refractivity (Wildman–Crippen MR) is 95.5 cm³/mol. The number of ether oxygens (including phenoxy) is 1. The molecule has 0 aliphatic rings. The van der Waals surface area contributed by atoms with Crippen LogP contribution in [0.3, 0.4) is 0 Å². The number of H-pyrrole nitrogens is 1. The molecule has 0 saturated heterocycles. The van der Waals surface area contributed by atoms with Gasteiger partial charge in [0.1, 0.15) is 0 Å². The van der Waals surface area contributed by atoms with E-state index in [9.17, 15) is 5.11 Å². The van der Waals surface area contributed by atoms with Gasteiger partial charge in [-0.05, 0) is 48.6 Å². The number of nitrogens with one attached hydrogen (secondary N) is 1. The minimum absolute atomic E-state index is 0.00630. The molecule has 24 heavy (non-hydrogen) atoms. The van der Waals surface area contributed by atoms with Crippen LogP contribution in [0.15, 0.2) is 47.6 Å². The van der Waals surface area contributed by atoms with Crippen molar-refractivity contribution in [3.63, 3.8) is 0 Å². The molecule has 8 heteroatoms. The number of aromatic hydroxyl groups is 1. The van der Waals surface area contributed by atoms with E-state index < -0.39 is 0 Å². The monoisotopic (exact) mass is 360 g/mol. The summed E-state index contributed by atoms with van der Waals surface area (Å²) in [5, 5.41) is 22.0. The zero-order valence-electron chi connectivity index (χ0n) is 12.6. The molecular formula is C16H13ClN4O2S. The number of halogens is 1. The standard InChI is InChI=1S/C16H13ClN4O2S/c1-23-13-4-2-3-11(14(13)22)9-18-21-15(19-20-16(21)24)10-5-7-12(17)8-6-10/h2-9,22H,1H3,(H,20,24)/b18-9+. The molecule has 6 nitrogen and oxygen atoms in total. The van der Waals surface area contributed by atoms with Gasteiger partial charge in [0.05, 0.1) is 13.3 Å². The van der Waals surface area contributed by atoms with Crippen molar-refractivity contribution >= 4 is 30.0 Å². The lowest BCUT2D eigenvalue weighted by Gasteiger charge is -2.05. The molecule has 3 rings (SSSR count). The average molecular weight is 361 g/mol. The molecule has 0 bridgehead atoms. The zero-order chi connectivity index (χ0) is 17.1. The Labute approximate surface area is 148 Å². The van der Waals surface area contributed by atoms with Crippen molar-refractivity contribution in [3.8, 4) is 22.9 Å². The Bertz CT molecular complexity index is 947.